The van der Waals surface area contributed by atoms with Gasteiger partial charge in [0.2, 0.25) is 0 Å². The first-order valence-corrected chi connectivity index (χ1v) is 13.1. The van der Waals surface area contributed by atoms with E-state index in [4.69, 9.17) is 20.4 Å². The van der Waals surface area contributed by atoms with Crippen LogP contribution in [0.15, 0.2) is 18.2 Å². The summed E-state index contributed by atoms with van der Waals surface area (Å²) in [6.45, 7) is 11.1. The number of aryl methyl sites for hydroxylation is 1. The van der Waals surface area contributed by atoms with Crippen LogP contribution in [0.4, 0.5) is 10.1 Å². The number of halogens is 1. The largest absolute Gasteiger partial charge is 0.481 e. The highest BCUT2D eigenvalue weighted by molar-refractivity contribution is 6.34. The summed E-state index contributed by atoms with van der Waals surface area (Å²) >= 11 is 0. The molecule has 1 aliphatic rings. The van der Waals surface area contributed by atoms with E-state index in [1.165, 1.54) is 12.1 Å². The van der Waals surface area contributed by atoms with E-state index in [2.05, 4.69) is 34.4 Å². The lowest BCUT2D eigenvalue weighted by Crippen LogP contribution is -2.42. The van der Waals surface area contributed by atoms with Gasteiger partial charge in [-0.1, -0.05) is 13.8 Å². The second kappa shape index (κ2) is 14.4. The number of nitrogens with zero attached hydrogens (tertiary/aromatic N) is 1. The quantitative estimate of drug-likeness (QED) is 0.179. The first-order valence-electron chi connectivity index (χ1n) is 13.1. The molecule has 0 bridgehead atoms. The van der Waals surface area contributed by atoms with Crippen LogP contribution < -0.4 is 10.6 Å². The van der Waals surface area contributed by atoms with E-state index in [0.717, 1.165) is 30.9 Å². The number of hydrogen-bond acceptors (Lipinski definition) is 7. The number of hydrogen-bond donors (Lipinski definition) is 7. The summed E-state index contributed by atoms with van der Waals surface area (Å²) in [4.78, 5) is 61.0. The molecule has 2 amide bonds. The Kier molecular flexibility index (Phi) is 11.5. The number of fused-ring (bicyclic) bond motifs is 1. The van der Waals surface area contributed by atoms with Crippen LogP contribution in [0, 0.1) is 19.7 Å². The Morgan fingerprint density at radius 2 is 1.64 bits per heavy atom. The molecule has 0 fully saturated rings. The monoisotopic (exact) mass is 590 g/mol. The first-order chi connectivity index (χ1) is 19.6. The molecule has 228 valence electrons. The molecular formula is C28H35FN4O9. The van der Waals surface area contributed by atoms with Gasteiger partial charge in [0, 0.05) is 35.7 Å². The van der Waals surface area contributed by atoms with Gasteiger partial charge in [0.15, 0.2) is 5.60 Å². The number of aromatic nitrogens is 1. The molecule has 1 aliphatic heterocycles. The second-order valence-electron chi connectivity index (χ2n) is 9.63. The number of carbonyl (C=O) groups is 5. The Balaban J connectivity index is 0.000000401. The maximum atomic E-state index is 13.7. The summed E-state index contributed by atoms with van der Waals surface area (Å²) in [5.41, 5.74) is 1.47. The van der Waals surface area contributed by atoms with Gasteiger partial charge in [-0.2, -0.15) is 0 Å². The van der Waals surface area contributed by atoms with Crippen molar-refractivity contribution in [3.8, 4) is 0 Å². The van der Waals surface area contributed by atoms with Gasteiger partial charge in [0.25, 0.3) is 11.8 Å². The van der Waals surface area contributed by atoms with Crippen LogP contribution in [0.3, 0.4) is 0 Å². The minimum absolute atomic E-state index is 0.143. The fraction of sp³-hybridized carbons (Fsp3) is 0.393. The van der Waals surface area contributed by atoms with Crippen molar-refractivity contribution in [2.75, 3.05) is 31.5 Å². The number of anilines is 1. The lowest BCUT2D eigenvalue weighted by Gasteiger charge is -2.18. The van der Waals surface area contributed by atoms with Gasteiger partial charge in [-0.05, 0) is 56.8 Å². The average molecular weight is 591 g/mol. The first kappa shape index (κ1) is 33.6. The van der Waals surface area contributed by atoms with E-state index >= 15 is 0 Å². The highest BCUT2D eigenvalue weighted by Gasteiger charge is 2.40. The van der Waals surface area contributed by atoms with Crippen LogP contribution in [0.1, 0.15) is 59.6 Å². The number of likely N-dealkylation sites (N-methyl/N-ethyl adjacent to an activating group) is 1. The second-order valence-corrected chi connectivity index (χ2v) is 9.63. The van der Waals surface area contributed by atoms with Crippen molar-refractivity contribution in [2.24, 2.45) is 0 Å². The Morgan fingerprint density at radius 3 is 2.17 bits per heavy atom. The number of carbonyl (C=O) groups excluding carboxylic acids is 2. The molecule has 3 rings (SSSR count). The molecule has 0 radical (unpaired) electrons. The molecule has 7 N–H and O–H groups in total. The van der Waals surface area contributed by atoms with Crippen molar-refractivity contribution in [3.05, 3.63) is 52.1 Å². The molecular weight excluding hydrogens is 555 g/mol. The number of amides is 2. The zero-order valence-electron chi connectivity index (χ0n) is 23.7. The fourth-order valence-electron chi connectivity index (χ4n) is 4.38. The molecule has 1 aromatic carbocycles. The molecule has 0 aliphatic carbocycles. The van der Waals surface area contributed by atoms with E-state index in [1.807, 2.05) is 13.8 Å². The van der Waals surface area contributed by atoms with Crippen molar-refractivity contribution < 1.29 is 48.8 Å². The van der Waals surface area contributed by atoms with E-state index in [1.54, 1.807) is 12.1 Å². The molecule has 0 saturated carbocycles. The Bertz CT molecular complexity index is 1380. The van der Waals surface area contributed by atoms with Crippen LogP contribution in [0.2, 0.25) is 0 Å². The number of aliphatic carboxylic acids is 3. The van der Waals surface area contributed by atoms with Gasteiger partial charge in [0.05, 0.1) is 24.0 Å². The molecule has 0 saturated heterocycles. The Morgan fingerprint density at radius 1 is 1.05 bits per heavy atom. The predicted molar refractivity (Wildman–Crippen MR) is 150 cm³/mol. The number of aliphatic hydroxyl groups is 1. The smallest absolute Gasteiger partial charge is 0.336 e. The molecule has 2 aromatic rings. The number of rotatable bonds is 12. The van der Waals surface area contributed by atoms with E-state index in [9.17, 15) is 28.4 Å². The highest BCUT2D eigenvalue weighted by Crippen LogP contribution is 2.34. The van der Waals surface area contributed by atoms with Crippen molar-refractivity contribution in [3.63, 3.8) is 0 Å². The standard InChI is InChI=1S/C22H27FN4O2.C6H8O7/c1-5-27(6-2)10-9-24-22(29)20-13(3)19(25-14(20)4)12-17-16-11-15(23)7-8-18(16)26-21(17)28;7-3(8)1-6(13,5(11)12)2-4(9)10/h7-8,11-12,25H,5-6,9-10H2,1-4H3,(H,24,29)(H,26,28);13H,1-2H2,(H,7,8)(H,9,10)(H,11,12)/b17-12-;. The van der Waals surface area contributed by atoms with Gasteiger partial charge >= 0.3 is 17.9 Å². The zero-order valence-corrected chi connectivity index (χ0v) is 23.7. The van der Waals surface area contributed by atoms with Crippen molar-refractivity contribution in [2.45, 2.75) is 46.1 Å². The summed E-state index contributed by atoms with van der Waals surface area (Å²) in [6, 6.07) is 4.20. The Labute approximate surface area is 241 Å². The molecule has 0 atom stereocenters. The number of nitrogens with one attached hydrogen (secondary N) is 3. The maximum Gasteiger partial charge on any atom is 0.336 e. The fourth-order valence-corrected chi connectivity index (χ4v) is 4.38. The lowest BCUT2D eigenvalue weighted by molar-refractivity contribution is -0.170. The van der Waals surface area contributed by atoms with Crippen LogP contribution in [0.5, 0.6) is 0 Å². The zero-order chi connectivity index (χ0) is 31.8. The lowest BCUT2D eigenvalue weighted by atomic mass is 9.96. The minimum atomic E-state index is -2.74. The summed E-state index contributed by atoms with van der Waals surface area (Å²) in [7, 11) is 0. The molecule has 14 heteroatoms. The topological polar surface area (TPSA) is 209 Å². The van der Waals surface area contributed by atoms with E-state index in [0.29, 0.717) is 34.6 Å². The number of H-pyrrole nitrogens is 1. The van der Waals surface area contributed by atoms with Crippen molar-refractivity contribution >= 4 is 47.1 Å². The van der Waals surface area contributed by atoms with Crippen molar-refractivity contribution in [1.29, 1.82) is 0 Å². The minimum Gasteiger partial charge on any atom is -0.481 e. The highest BCUT2D eigenvalue weighted by atomic mass is 19.1. The van der Waals surface area contributed by atoms with Crippen LogP contribution >= 0.6 is 0 Å². The van der Waals surface area contributed by atoms with Crippen LogP contribution in [-0.2, 0) is 19.2 Å². The molecule has 0 spiro atoms. The SMILES string of the molecule is CCN(CC)CCNC(=O)c1c(C)[nH]c(/C=C2\C(=O)Nc3ccc(F)cc32)c1C.O=C(O)CC(O)(CC(=O)O)C(=O)O. The summed E-state index contributed by atoms with van der Waals surface area (Å²) < 4.78 is 13.7. The van der Waals surface area contributed by atoms with Crippen LogP contribution in [-0.4, -0.2) is 91.8 Å². The molecule has 42 heavy (non-hydrogen) atoms. The summed E-state index contributed by atoms with van der Waals surface area (Å²) in [5, 5.41) is 39.5. The maximum absolute atomic E-state index is 13.7. The number of benzene rings is 1. The van der Waals surface area contributed by atoms with Gasteiger partial charge in [-0.3, -0.25) is 19.2 Å². The summed E-state index contributed by atoms with van der Waals surface area (Å²) in [5.74, 6) is -5.86. The molecule has 0 unspecified atom stereocenters. The molecule has 2 heterocycles. The third-order valence-electron chi connectivity index (χ3n) is 6.65. The van der Waals surface area contributed by atoms with Gasteiger partial charge in [-0.25, -0.2) is 9.18 Å². The van der Waals surface area contributed by atoms with Gasteiger partial charge < -0.3 is 40.9 Å². The van der Waals surface area contributed by atoms with Gasteiger partial charge in [0.1, 0.15) is 5.82 Å². The number of aromatic amines is 1. The molecule has 1 aromatic heterocycles. The molecule has 13 nitrogen and oxygen atoms in total. The third kappa shape index (κ3) is 8.47. The van der Waals surface area contributed by atoms with Crippen molar-refractivity contribution in [1.82, 2.24) is 15.2 Å². The number of carboxylic acid groups (broad SMARTS) is 3. The van der Waals surface area contributed by atoms with Crippen LogP contribution in [0.25, 0.3) is 11.6 Å². The van der Waals surface area contributed by atoms with E-state index in [-0.39, 0.29) is 11.8 Å². The van der Waals surface area contributed by atoms with Gasteiger partial charge in [-0.15, -0.1) is 0 Å². The Hall–Kier alpha value is -4.56. The number of carboxylic acids is 3. The normalized spacial score (nSPS) is 13.3. The summed E-state index contributed by atoms with van der Waals surface area (Å²) in [6.07, 6.45) is -0.612. The van der Waals surface area contributed by atoms with E-state index < -0.39 is 42.2 Å². The third-order valence-corrected chi connectivity index (χ3v) is 6.65. The average Bonchev–Trinajstić information content (AvgIpc) is 3.35. The predicted octanol–water partition coefficient (Wildman–Crippen LogP) is 2.09.